The molecule has 0 spiro atoms. The number of carbonyl (C=O) groups excluding carboxylic acids is 1. The lowest BCUT2D eigenvalue weighted by Crippen LogP contribution is -2.28. The smallest absolute Gasteiger partial charge is 0.410 e. The summed E-state index contributed by atoms with van der Waals surface area (Å²) in [7, 11) is 0. The fraction of sp³-hybridized carbons (Fsp3) is 0.474. The van der Waals surface area contributed by atoms with Gasteiger partial charge >= 0.3 is 6.09 Å². The Morgan fingerprint density at radius 2 is 2.09 bits per heavy atom. The van der Waals surface area contributed by atoms with Gasteiger partial charge in [-0.1, -0.05) is 12.1 Å². The summed E-state index contributed by atoms with van der Waals surface area (Å²) in [6.07, 6.45) is 5.52. The Morgan fingerprint density at radius 1 is 1.26 bits per heavy atom. The van der Waals surface area contributed by atoms with Gasteiger partial charge in [0, 0.05) is 0 Å². The van der Waals surface area contributed by atoms with Gasteiger partial charge in [0.05, 0.1) is 13.1 Å². The first-order valence-electron chi connectivity index (χ1n) is 8.38. The highest BCUT2D eigenvalue weighted by Gasteiger charge is 2.33. The molecule has 4 nitrogen and oxygen atoms in total. The van der Waals surface area contributed by atoms with Gasteiger partial charge in [-0.3, -0.25) is 4.90 Å². The summed E-state index contributed by atoms with van der Waals surface area (Å²) in [5, 5.41) is 9.37. The van der Waals surface area contributed by atoms with Crippen LogP contribution in [0.25, 0.3) is 0 Å². The number of benzene rings is 1. The summed E-state index contributed by atoms with van der Waals surface area (Å²) in [4.78, 5) is 13.9. The number of amides is 1. The van der Waals surface area contributed by atoms with Crippen LogP contribution in [0.5, 0.6) is 5.75 Å². The van der Waals surface area contributed by atoms with Crippen molar-refractivity contribution in [3.63, 3.8) is 0 Å². The van der Waals surface area contributed by atoms with Crippen LogP contribution in [0.1, 0.15) is 43.8 Å². The van der Waals surface area contributed by atoms with Crippen molar-refractivity contribution in [2.75, 3.05) is 13.1 Å². The van der Waals surface area contributed by atoms with E-state index in [0.29, 0.717) is 13.1 Å². The maximum Gasteiger partial charge on any atom is 0.410 e. The number of aromatic hydroxyl groups is 1. The van der Waals surface area contributed by atoms with E-state index in [4.69, 9.17) is 4.74 Å². The maximum atomic E-state index is 12.2. The van der Waals surface area contributed by atoms with Crippen LogP contribution >= 0.6 is 0 Å². The average molecular weight is 311 g/mol. The molecular formula is C19H21NO3. The van der Waals surface area contributed by atoms with Gasteiger partial charge in [0.25, 0.3) is 0 Å². The van der Waals surface area contributed by atoms with Gasteiger partial charge in [-0.2, -0.15) is 0 Å². The van der Waals surface area contributed by atoms with Gasteiger partial charge in [0.2, 0.25) is 0 Å². The Morgan fingerprint density at radius 3 is 2.87 bits per heavy atom. The molecule has 0 radical (unpaired) electrons. The van der Waals surface area contributed by atoms with Crippen molar-refractivity contribution in [3.05, 3.63) is 46.7 Å². The van der Waals surface area contributed by atoms with E-state index < -0.39 is 0 Å². The molecule has 1 saturated heterocycles. The van der Waals surface area contributed by atoms with Crippen LogP contribution in [0.3, 0.4) is 0 Å². The molecule has 23 heavy (non-hydrogen) atoms. The topological polar surface area (TPSA) is 49.8 Å². The monoisotopic (exact) mass is 311 g/mol. The van der Waals surface area contributed by atoms with Crippen LogP contribution in [0.2, 0.25) is 0 Å². The highest BCUT2D eigenvalue weighted by atomic mass is 16.6. The molecule has 1 aromatic rings. The highest BCUT2D eigenvalue weighted by molar-refractivity contribution is 5.70. The molecule has 0 aromatic heterocycles. The predicted molar refractivity (Wildman–Crippen MR) is 86.0 cm³/mol. The molecule has 2 fully saturated rings. The second kappa shape index (κ2) is 5.78. The zero-order valence-corrected chi connectivity index (χ0v) is 13.1. The number of phenolic OH excluding ortho intramolecular Hbond substituents is 1. The number of phenols is 1. The van der Waals surface area contributed by atoms with E-state index in [1.807, 2.05) is 12.1 Å². The van der Waals surface area contributed by atoms with Crippen molar-refractivity contribution in [1.82, 2.24) is 4.90 Å². The fourth-order valence-corrected chi connectivity index (χ4v) is 3.93. The van der Waals surface area contributed by atoms with Crippen molar-refractivity contribution in [3.8, 4) is 5.75 Å². The average Bonchev–Trinajstić information content (AvgIpc) is 2.89. The third kappa shape index (κ3) is 2.99. The minimum absolute atomic E-state index is 0.223. The van der Waals surface area contributed by atoms with Crippen molar-refractivity contribution < 1.29 is 14.6 Å². The largest absolute Gasteiger partial charge is 0.508 e. The van der Waals surface area contributed by atoms with Crippen LogP contribution in [-0.4, -0.2) is 29.2 Å². The Balaban J connectivity index is 1.47. The molecule has 4 heteroatoms. The summed E-state index contributed by atoms with van der Waals surface area (Å²) in [5.74, 6) is 0.974. The molecule has 1 heterocycles. The summed E-state index contributed by atoms with van der Waals surface area (Å²) in [6.45, 7) is 1.20. The zero-order chi connectivity index (χ0) is 15.8. The van der Waals surface area contributed by atoms with Crippen molar-refractivity contribution >= 4 is 6.09 Å². The van der Waals surface area contributed by atoms with E-state index in [0.717, 1.165) is 17.9 Å². The van der Waals surface area contributed by atoms with Crippen molar-refractivity contribution in [2.24, 2.45) is 5.92 Å². The van der Waals surface area contributed by atoms with Crippen LogP contribution in [0.4, 0.5) is 4.79 Å². The molecule has 2 atom stereocenters. The third-order valence-electron chi connectivity index (χ3n) is 5.05. The Bertz CT molecular complexity index is 685. The fourth-order valence-electron chi connectivity index (χ4n) is 3.93. The highest BCUT2D eigenvalue weighted by Crippen LogP contribution is 2.36. The van der Waals surface area contributed by atoms with Gasteiger partial charge in [-0.05, 0) is 66.9 Å². The van der Waals surface area contributed by atoms with E-state index in [1.165, 1.54) is 36.8 Å². The zero-order valence-electron chi connectivity index (χ0n) is 13.1. The minimum atomic E-state index is -0.252. The number of nitrogens with zero attached hydrogens (tertiary/aromatic N) is 1. The van der Waals surface area contributed by atoms with Gasteiger partial charge in [0.15, 0.2) is 0 Å². The lowest BCUT2D eigenvalue weighted by atomic mass is 9.78. The molecule has 1 amide bonds. The Hall–Kier alpha value is -2.19. The second-order valence-corrected chi connectivity index (χ2v) is 6.84. The molecule has 3 aliphatic rings. The first-order valence-corrected chi connectivity index (χ1v) is 8.38. The van der Waals surface area contributed by atoms with Crippen LogP contribution in [-0.2, 0) is 4.74 Å². The maximum absolute atomic E-state index is 12.2. The SMILES string of the molecule is O=C1OC(c2ccc(O)cc2)CN1CC1=C=C2CCCC(C2)C1. The van der Waals surface area contributed by atoms with E-state index in [-0.39, 0.29) is 17.9 Å². The predicted octanol–water partition coefficient (Wildman–Crippen LogP) is 3.93. The summed E-state index contributed by atoms with van der Waals surface area (Å²) < 4.78 is 5.49. The van der Waals surface area contributed by atoms with E-state index >= 15 is 0 Å². The van der Waals surface area contributed by atoms with Crippen LogP contribution < -0.4 is 0 Å². The quantitative estimate of drug-likeness (QED) is 0.860. The molecule has 2 unspecified atom stereocenters. The van der Waals surface area contributed by atoms with E-state index in [2.05, 4.69) is 5.73 Å². The minimum Gasteiger partial charge on any atom is -0.508 e. The first-order chi connectivity index (χ1) is 11.2. The molecule has 1 aliphatic heterocycles. The molecule has 120 valence electrons. The van der Waals surface area contributed by atoms with Crippen molar-refractivity contribution in [1.29, 1.82) is 0 Å². The van der Waals surface area contributed by atoms with Gasteiger partial charge < -0.3 is 9.84 Å². The molecule has 1 aromatic carbocycles. The number of hydrogen-bond donors (Lipinski definition) is 1. The summed E-state index contributed by atoms with van der Waals surface area (Å²) >= 11 is 0. The molecule has 2 aliphatic carbocycles. The number of hydrogen-bond acceptors (Lipinski definition) is 3. The van der Waals surface area contributed by atoms with Crippen LogP contribution in [0, 0.1) is 5.92 Å². The van der Waals surface area contributed by atoms with Gasteiger partial charge in [-0.15, -0.1) is 5.73 Å². The van der Waals surface area contributed by atoms with Gasteiger partial charge in [0.1, 0.15) is 11.9 Å². The number of fused-ring (bicyclic) bond motifs is 2. The van der Waals surface area contributed by atoms with E-state index in [1.54, 1.807) is 17.0 Å². The standard InChI is InChI=1S/C19H21NO3/c21-17-6-4-16(5-7-17)18-12-20(19(22)23-18)11-15-9-13-2-1-3-14(8-13)10-15/h4-7,13,18,21H,1-3,8-9,11-12H2. The van der Waals surface area contributed by atoms with Crippen molar-refractivity contribution in [2.45, 2.75) is 38.2 Å². The van der Waals surface area contributed by atoms with Gasteiger partial charge in [-0.25, -0.2) is 4.79 Å². The summed E-state index contributed by atoms with van der Waals surface area (Å²) in [5.41, 5.74) is 7.15. The third-order valence-corrected chi connectivity index (χ3v) is 5.05. The number of rotatable bonds is 3. The molecule has 4 rings (SSSR count). The molecule has 1 saturated carbocycles. The van der Waals surface area contributed by atoms with E-state index in [9.17, 15) is 9.90 Å². The first kappa shape index (κ1) is 14.4. The number of carbonyl (C=O) groups is 1. The normalized spacial score (nSPS) is 26.6. The summed E-state index contributed by atoms with van der Waals surface area (Å²) in [6, 6.07) is 6.87. The molecular weight excluding hydrogens is 290 g/mol. The number of ether oxygens (including phenoxy) is 1. The lowest BCUT2D eigenvalue weighted by molar-refractivity contribution is 0.133. The lowest BCUT2D eigenvalue weighted by Gasteiger charge is -2.28. The Labute approximate surface area is 136 Å². The Kier molecular flexibility index (Phi) is 3.62. The second-order valence-electron chi connectivity index (χ2n) is 6.84. The van der Waals surface area contributed by atoms with Crippen LogP contribution in [0.15, 0.2) is 41.1 Å². The number of cyclic esters (lactones) is 1. The molecule has 2 bridgehead atoms. The molecule has 1 N–H and O–H groups in total.